The number of hydrogen-bond donors (Lipinski definition) is 2. The molecule has 1 aliphatic heterocycles. The van der Waals surface area contributed by atoms with E-state index < -0.39 is 0 Å². The van der Waals surface area contributed by atoms with Gasteiger partial charge in [0.1, 0.15) is 0 Å². The van der Waals surface area contributed by atoms with Crippen molar-refractivity contribution in [3.8, 4) is 0 Å². The highest BCUT2D eigenvalue weighted by atomic mass is 16.1. The Hall–Kier alpha value is -0.570. The van der Waals surface area contributed by atoms with Gasteiger partial charge in [0.05, 0.1) is 0 Å². The van der Waals surface area contributed by atoms with E-state index >= 15 is 0 Å². The van der Waals surface area contributed by atoms with Crippen LogP contribution in [0.2, 0.25) is 0 Å². The Balaban J connectivity index is 1.49. The average Bonchev–Trinajstić information content (AvgIpc) is 2.75. The standard InChI is InChI=1S/C13H24N2O/c1-2-3-4-5-6-7-12(16)15-13-10-8-14-9-11(10)13/h10-11,13-14H,2-9H2,1H3,(H,15,16). The zero-order chi connectivity index (χ0) is 11.4. The smallest absolute Gasteiger partial charge is 0.220 e. The number of carbonyl (C=O) groups is 1. The number of rotatable bonds is 7. The molecule has 0 aromatic carbocycles. The molecule has 2 rings (SSSR count). The van der Waals surface area contributed by atoms with Crippen molar-refractivity contribution in [1.29, 1.82) is 0 Å². The van der Waals surface area contributed by atoms with Crippen molar-refractivity contribution < 1.29 is 4.79 Å². The molecule has 2 fully saturated rings. The molecule has 3 nitrogen and oxygen atoms in total. The van der Waals surface area contributed by atoms with E-state index in [-0.39, 0.29) is 5.91 Å². The van der Waals surface area contributed by atoms with Crippen molar-refractivity contribution in [3.63, 3.8) is 0 Å². The van der Waals surface area contributed by atoms with Crippen LogP contribution in [0.3, 0.4) is 0 Å². The molecule has 0 radical (unpaired) electrons. The third-order valence-corrected chi connectivity index (χ3v) is 3.93. The van der Waals surface area contributed by atoms with Gasteiger partial charge in [-0.05, 0) is 18.3 Å². The fourth-order valence-corrected chi connectivity index (χ4v) is 2.78. The first-order valence-electron chi connectivity index (χ1n) is 6.83. The van der Waals surface area contributed by atoms with Crippen LogP contribution in [0.1, 0.15) is 45.4 Å². The van der Waals surface area contributed by atoms with Crippen molar-refractivity contribution in [2.45, 2.75) is 51.5 Å². The van der Waals surface area contributed by atoms with E-state index in [9.17, 15) is 4.79 Å². The second-order valence-electron chi connectivity index (χ2n) is 5.24. The minimum absolute atomic E-state index is 0.274. The molecule has 0 aromatic rings. The van der Waals surface area contributed by atoms with Crippen LogP contribution in [0.4, 0.5) is 0 Å². The molecule has 0 aromatic heterocycles. The molecule has 2 unspecified atom stereocenters. The van der Waals surface area contributed by atoms with Crippen LogP contribution in [-0.4, -0.2) is 25.0 Å². The summed E-state index contributed by atoms with van der Waals surface area (Å²) in [6.07, 6.45) is 6.85. The SMILES string of the molecule is CCCCCCCC(=O)NC1C2CNCC21. The van der Waals surface area contributed by atoms with Gasteiger partial charge in [-0.2, -0.15) is 0 Å². The molecular weight excluding hydrogens is 200 g/mol. The van der Waals surface area contributed by atoms with Gasteiger partial charge in [-0.25, -0.2) is 0 Å². The van der Waals surface area contributed by atoms with E-state index in [0.29, 0.717) is 6.04 Å². The Bertz CT molecular complexity index is 232. The molecule has 1 saturated heterocycles. The minimum Gasteiger partial charge on any atom is -0.353 e. The second-order valence-corrected chi connectivity index (χ2v) is 5.24. The molecule has 1 heterocycles. The summed E-state index contributed by atoms with van der Waals surface area (Å²) in [5.41, 5.74) is 0. The van der Waals surface area contributed by atoms with E-state index in [4.69, 9.17) is 0 Å². The molecular formula is C13H24N2O. The molecule has 2 atom stereocenters. The molecule has 1 saturated carbocycles. The lowest BCUT2D eigenvalue weighted by Gasteiger charge is -2.07. The number of piperidine rings is 1. The van der Waals surface area contributed by atoms with Gasteiger partial charge in [-0.1, -0.05) is 32.6 Å². The van der Waals surface area contributed by atoms with Crippen LogP contribution in [0.15, 0.2) is 0 Å². The van der Waals surface area contributed by atoms with E-state index in [1.807, 2.05) is 0 Å². The molecule has 1 amide bonds. The molecule has 0 bridgehead atoms. The molecule has 1 aliphatic carbocycles. The van der Waals surface area contributed by atoms with E-state index in [1.165, 1.54) is 25.7 Å². The predicted molar refractivity (Wildman–Crippen MR) is 65.2 cm³/mol. The summed E-state index contributed by atoms with van der Waals surface area (Å²) in [6, 6.07) is 0.504. The van der Waals surface area contributed by atoms with Gasteiger partial charge >= 0.3 is 0 Å². The van der Waals surface area contributed by atoms with Crippen LogP contribution in [0, 0.1) is 11.8 Å². The fraction of sp³-hybridized carbons (Fsp3) is 0.923. The Morgan fingerprint density at radius 2 is 1.88 bits per heavy atom. The Morgan fingerprint density at radius 1 is 1.19 bits per heavy atom. The highest BCUT2D eigenvalue weighted by Gasteiger charge is 2.53. The number of fused-ring (bicyclic) bond motifs is 1. The van der Waals surface area contributed by atoms with Gasteiger partial charge < -0.3 is 10.6 Å². The first-order chi connectivity index (χ1) is 7.83. The molecule has 16 heavy (non-hydrogen) atoms. The highest BCUT2D eigenvalue weighted by molar-refractivity contribution is 5.76. The summed E-state index contributed by atoms with van der Waals surface area (Å²) >= 11 is 0. The average molecular weight is 224 g/mol. The summed E-state index contributed by atoms with van der Waals surface area (Å²) in [6.45, 7) is 4.42. The van der Waals surface area contributed by atoms with E-state index in [2.05, 4.69) is 17.6 Å². The predicted octanol–water partition coefficient (Wildman–Crippen LogP) is 1.68. The van der Waals surface area contributed by atoms with Crippen LogP contribution < -0.4 is 10.6 Å². The zero-order valence-electron chi connectivity index (χ0n) is 10.3. The maximum absolute atomic E-state index is 11.6. The fourth-order valence-electron chi connectivity index (χ4n) is 2.78. The van der Waals surface area contributed by atoms with Crippen LogP contribution in [-0.2, 0) is 4.79 Å². The largest absolute Gasteiger partial charge is 0.353 e. The molecule has 2 aliphatic rings. The lowest BCUT2D eigenvalue weighted by molar-refractivity contribution is -0.121. The summed E-state index contributed by atoms with van der Waals surface area (Å²) < 4.78 is 0. The zero-order valence-corrected chi connectivity index (χ0v) is 10.3. The maximum Gasteiger partial charge on any atom is 0.220 e. The van der Waals surface area contributed by atoms with Crippen molar-refractivity contribution in [2.24, 2.45) is 11.8 Å². The third-order valence-electron chi connectivity index (χ3n) is 3.93. The van der Waals surface area contributed by atoms with E-state index in [0.717, 1.165) is 37.8 Å². The number of hydrogen-bond acceptors (Lipinski definition) is 2. The summed E-state index contributed by atoms with van der Waals surface area (Å²) in [7, 11) is 0. The van der Waals surface area contributed by atoms with Crippen molar-refractivity contribution >= 4 is 5.91 Å². The third kappa shape index (κ3) is 2.97. The quantitative estimate of drug-likeness (QED) is 0.646. The number of carbonyl (C=O) groups excluding carboxylic acids is 1. The van der Waals surface area contributed by atoms with Gasteiger partial charge in [0, 0.05) is 25.6 Å². The Morgan fingerprint density at radius 3 is 2.56 bits per heavy atom. The maximum atomic E-state index is 11.6. The minimum atomic E-state index is 0.274. The normalized spacial score (nSPS) is 31.2. The summed E-state index contributed by atoms with van der Waals surface area (Å²) in [4.78, 5) is 11.6. The van der Waals surface area contributed by atoms with Gasteiger partial charge in [0.15, 0.2) is 0 Å². The summed E-state index contributed by atoms with van der Waals surface area (Å²) in [5.74, 6) is 1.75. The number of unbranched alkanes of at least 4 members (excludes halogenated alkanes) is 4. The Kier molecular flexibility index (Phi) is 4.22. The lowest BCUT2D eigenvalue weighted by Crippen LogP contribution is -2.32. The second kappa shape index (κ2) is 5.67. The monoisotopic (exact) mass is 224 g/mol. The van der Waals surface area contributed by atoms with Gasteiger partial charge in [0.25, 0.3) is 0 Å². The van der Waals surface area contributed by atoms with Crippen molar-refractivity contribution in [1.82, 2.24) is 10.6 Å². The topological polar surface area (TPSA) is 41.1 Å². The number of amides is 1. The van der Waals surface area contributed by atoms with Crippen LogP contribution in [0.5, 0.6) is 0 Å². The van der Waals surface area contributed by atoms with Gasteiger partial charge in [0.2, 0.25) is 5.91 Å². The molecule has 92 valence electrons. The molecule has 2 N–H and O–H groups in total. The number of nitrogens with one attached hydrogen (secondary N) is 2. The first kappa shape index (κ1) is 11.9. The van der Waals surface area contributed by atoms with Gasteiger partial charge in [-0.15, -0.1) is 0 Å². The highest BCUT2D eigenvalue weighted by Crippen LogP contribution is 2.41. The Labute approximate surface area is 98.4 Å². The molecule has 3 heteroatoms. The molecule has 0 spiro atoms. The van der Waals surface area contributed by atoms with Crippen LogP contribution >= 0.6 is 0 Å². The lowest BCUT2D eigenvalue weighted by atomic mass is 10.1. The summed E-state index contributed by atoms with van der Waals surface area (Å²) in [5, 5.41) is 6.51. The van der Waals surface area contributed by atoms with Crippen LogP contribution in [0.25, 0.3) is 0 Å². The van der Waals surface area contributed by atoms with Crippen molar-refractivity contribution in [2.75, 3.05) is 13.1 Å². The van der Waals surface area contributed by atoms with E-state index in [1.54, 1.807) is 0 Å². The van der Waals surface area contributed by atoms with Gasteiger partial charge in [-0.3, -0.25) is 4.79 Å². The van der Waals surface area contributed by atoms with Crippen molar-refractivity contribution in [3.05, 3.63) is 0 Å². The first-order valence-corrected chi connectivity index (χ1v) is 6.83.